The first kappa shape index (κ1) is 14.6. The van der Waals surface area contributed by atoms with Crippen molar-refractivity contribution in [1.82, 2.24) is 5.32 Å². The number of benzene rings is 1. The fourth-order valence-electron chi connectivity index (χ4n) is 2.56. The number of aliphatic hydroxyl groups excluding tert-OH is 1. The maximum atomic E-state index is 12.0. The van der Waals surface area contributed by atoms with Gasteiger partial charge in [-0.25, -0.2) is 0 Å². The van der Waals surface area contributed by atoms with Crippen molar-refractivity contribution in [3.05, 3.63) is 33.8 Å². The van der Waals surface area contributed by atoms with Gasteiger partial charge in [0.2, 0.25) is 5.91 Å². The van der Waals surface area contributed by atoms with Gasteiger partial charge < -0.3 is 10.4 Å². The van der Waals surface area contributed by atoms with Crippen LogP contribution in [0.2, 0.25) is 10.0 Å². The number of hydrogen-bond donors (Lipinski definition) is 2. The minimum Gasteiger partial charge on any atom is -0.396 e. The molecule has 1 saturated carbocycles. The molecule has 3 nitrogen and oxygen atoms in total. The van der Waals surface area contributed by atoms with Crippen molar-refractivity contribution in [1.29, 1.82) is 0 Å². The van der Waals surface area contributed by atoms with E-state index in [2.05, 4.69) is 5.32 Å². The van der Waals surface area contributed by atoms with Crippen LogP contribution < -0.4 is 5.32 Å². The van der Waals surface area contributed by atoms with Crippen molar-refractivity contribution in [2.45, 2.75) is 31.7 Å². The molecule has 1 fully saturated rings. The van der Waals surface area contributed by atoms with Crippen LogP contribution >= 0.6 is 23.2 Å². The monoisotopic (exact) mass is 301 g/mol. The summed E-state index contributed by atoms with van der Waals surface area (Å²) in [7, 11) is 0. The lowest BCUT2D eigenvalue weighted by molar-refractivity contribution is -0.121. The molecule has 0 saturated heterocycles. The van der Waals surface area contributed by atoms with Crippen LogP contribution in [0.1, 0.15) is 24.8 Å². The Labute approximate surface area is 122 Å². The van der Waals surface area contributed by atoms with Crippen molar-refractivity contribution in [2.75, 3.05) is 6.61 Å². The molecule has 2 N–H and O–H groups in total. The average molecular weight is 302 g/mol. The van der Waals surface area contributed by atoms with Crippen molar-refractivity contribution in [3.63, 3.8) is 0 Å². The highest BCUT2D eigenvalue weighted by atomic mass is 35.5. The highest BCUT2D eigenvalue weighted by Gasteiger charge is 2.28. The summed E-state index contributed by atoms with van der Waals surface area (Å²) in [5.74, 6) is 0.0750. The predicted octanol–water partition coefficient (Wildman–Crippen LogP) is 2.81. The summed E-state index contributed by atoms with van der Waals surface area (Å²) < 4.78 is 0. The summed E-state index contributed by atoms with van der Waals surface area (Å²) in [6.45, 7) is 0.123. The molecule has 2 unspecified atom stereocenters. The van der Waals surface area contributed by atoms with Gasteiger partial charge in [-0.2, -0.15) is 0 Å². The Bertz CT molecular complexity index is 445. The van der Waals surface area contributed by atoms with Gasteiger partial charge in [0.1, 0.15) is 0 Å². The average Bonchev–Trinajstić information content (AvgIpc) is 2.81. The maximum Gasteiger partial charge on any atom is 0.224 e. The summed E-state index contributed by atoms with van der Waals surface area (Å²) >= 11 is 12.1. The van der Waals surface area contributed by atoms with Gasteiger partial charge in [0, 0.05) is 28.6 Å². The zero-order valence-corrected chi connectivity index (χ0v) is 12.0. The second-order valence-corrected chi connectivity index (χ2v) is 5.74. The van der Waals surface area contributed by atoms with Gasteiger partial charge in [0.15, 0.2) is 0 Å². The number of nitrogens with one attached hydrogen (secondary N) is 1. The number of carbonyl (C=O) groups excluding carboxylic acids is 1. The number of amides is 1. The topological polar surface area (TPSA) is 49.3 Å². The third kappa shape index (κ3) is 3.62. The van der Waals surface area contributed by atoms with Crippen LogP contribution in [0.5, 0.6) is 0 Å². The minimum absolute atomic E-state index is 0.0683. The highest BCUT2D eigenvalue weighted by Crippen LogP contribution is 2.27. The SMILES string of the molecule is O=C(Cc1c(Cl)cccc1Cl)NC1CCCC1CO. The Morgan fingerprint density at radius 2 is 2.00 bits per heavy atom. The van der Waals surface area contributed by atoms with Crippen molar-refractivity contribution in [3.8, 4) is 0 Å². The number of carbonyl (C=O) groups is 1. The summed E-state index contributed by atoms with van der Waals surface area (Å²) in [4.78, 5) is 12.0. The third-order valence-electron chi connectivity index (χ3n) is 3.64. The number of aliphatic hydroxyl groups is 1. The predicted molar refractivity (Wildman–Crippen MR) is 76.5 cm³/mol. The van der Waals surface area contributed by atoms with Gasteiger partial charge in [0.25, 0.3) is 0 Å². The van der Waals surface area contributed by atoms with Crippen molar-refractivity contribution < 1.29 is 9.90 Å². The van der Waals surface area contributed by atoms with Crippen LogP contribution in [-0.4, -0.2) is 23.7 Å². The molecule has 0 aliphatic heterocycles. The largest absolute Gasteiger partial charge is 0.396 e. The van der Waals surface area contributed by atoms with E-state index in [1.54, 1.807) is 18.2 Å². The number of rotatable bonds is 4. The van der Waals surface area contributed by atoms with Crippen LogP contribution in [0.3, 0.4) is 0 Å². The molecule has 1 amide bonds. The molecule has 2 atom stereocenters. The zero-order valence-electron chi connectivity index (χ0n) is 10.5. The third-order valence-corrected chi connectivity index (χ3v) is 4.35. The molecular weight excluding hydrogens is 285 g/mol. The van der Waals surface area contributed by atoms with E-state index in [1.165, 1.54) is 0 Å². The van der Waals surface area contributed by atoms with Gasteiger partial charge in [0.05, 0.1) is 6.42 Å². The molecule has 1 aliphatic rings. The fourth-order valence-corrected chi connectivity index (χ4v) is 3.10. The van der Waals surface area contributed by atoms with Crippen LogP contribution in [0.4, 0.5) is 0 Å². The summed E-state index contributed by atoms with van der Waals surface area (Å²) in [6.07, 6.45) is 3.11. The molecule has 0 heterocycles. The first-order valence-electron chi connectivity index (χ1n) is 6.45. The molecular formula is C14H17Cl2NO2. The molecule has 104 valence electrons. The Hall–Kier alpha value is -0.770. The number of hydrogen-bond acceptors (Lipinski definition) is 2. The lowest BCUT2D eigenvalue weighted by Gasteiger charge is -2.19. The van der Waals surface area contributed by atoms with E-state index in [0.29, 0.717) is 15.6 Å². The van der Waals surface area contributed by atoms with E-state index in [0.717, 1.165) is 19.3 Å². The summed E-state index contributed by atoms with van der Waals surface area (Å²) in [6, 6.07) is 5.27. The molecule has 0 radical (unpaired) electrons. The van der Waals surface area contributed by atoms with Gasteiger partial charge >= 0.3 is 0 Å². The highest BCUT2D eigenvalue weighted by molar-refractivity contribution is 6.36. The molecule has 5 heteroatoms. The first-order chi connectivity index (χ1) is 9.11. The van der Waals surface area contributed by atoms with E-state index in [1.807, 2.05) is 0 Å². The van der Waals surface area contributed by atoms with E-state index < -0.39 is 0 Å². The quantitative estimate of drug-likeness (QED) is 0.898. The fraction of sp³-hybridized carbons (Fsp3) is 0.500. The molecule has 1 aromatic rings. The van der Waals surface area contributed by atoms with E-state index >= 15 is 0 Å². The van der Waals surface area contributed by atoms with Gasteiger partial charge in [-0.15, -0.1) is 0 Å². The first-order valence-corrected chi connectivity index (χ1v) is 7.20. The van der Waals surface area contributed by atoms with E-state index in [4.69, 9.17) is 23.2 Å². The Balaban J connectivity index is 1.98. The molecule has 0 spiro atoms. The maximum absolute atomic E-state index is 12.0. The molecule has 0 bridgehead atoms. The molecule has 2 rings (SSSR count). The zero-order chi connectivity index (χ0) is 13.8. The summed E-state index contributed by atoms with van der Waals surface area (Å²) in [5, 5.41) is 13.2. The van der Waals surface area contributed by atoms with Crippen LogP contribution in [-0.2, 0) is 11.2 Å². The van der Waals surface area contributed by atoms with E-state index in [-0.39, 0.29) is 30.9 Å². The normalized spacial score (nSPS) is 22.5. The Morgan fingerprint density at radius 1 is 1.32 bits per heavy atom. The van der Waals surface area contributed by atoms with Crippen molar-refractivity contribution in [2.24, 2.45) is 5.92 Å². The lowest BCUT2D eigenvalue weighted by Crippen LogP contribution is -2.39. The molecule has 1 aliphatic carbocycles. The van der Waals surface area contributed by atoms with Crippen molar-refractivity contribution >= 4 is 29.1 Å². The van der Waals surface area contributed by atoms with Crippen LogP contribution in [0, 0.1) is 5.92 Å². The molecule has 0 aromatic heterocycles. The smallest absolute Gasteiger partial charge is 0.224 e. The second-order valence-electron chi connectivity index (χ2n) is 4.92. The summed E-state index contributed by atoms with van der Waals surface area (Å²) in [5.41, 5.74) is 0.655. The van der Waals surface area contributed by atoms with Gasteiger partial charge in [-0.05, 0) is 30.5 Å². The molecule has 1 aromatic carbocycles. The Kier molecular flexibility index (Phi) is 5.08. The van der Waals surface area contributed by atoms with E-state index in [9.17, 15) is 9.90 Å². The van der Waals surface area contributed by atoms with Crippen LogP contribution in [0.25, 0.3) is 0 Å². The number of halogens is 2. The lowest BCUT2D eigenvalue weighted by atomic mass is 10.0. The minimum atomic E-state index is -0.0969. The van der Waals surface area contributed by atoms with Gasteiger partial charge in [-0.1, -0.05) is 35.7 Å². The Morgan fingerprint density at radius 3 is 2.63 bits per heavy atom. The second kappa shape index (κ2) is 6.60. The standard InChI is InChI=1S/C14H17Cl2NO2/c15-11-4-2-5-12(16)10(11)7-14(19)17-13-6-1-3-9(13)8-18/h2,4-5,9,13,18H,1,3,6-8H2,(H,17,19). The van der Waals surface area contributed by atoms with Gasteiger partial charge in [-0.3, -0.25) is 4.79 Å². The van der Waals surface area contributed by atoms with Crippen LogP contribution in [0.15, 0.2) is 18.2 Å². The molecule has 19 heavy (non-hydrogen) atoms.